The molecule has 0 aromatic heterocycles. The van der Waals surface area contributed by atoms with Crippen molar-refractivity contribution in [2.24, 2.45) is 0 Å². The molecule has 0 aromatic carbocycles. The molecule has 0 aliphatic carbocycles. The van der Waals surface area contributed by atoms with E-state index < -0.39 is 5.60 Å². The van der Waals surface area contributed by atoms with Gasteiger partial charge in [-0.05, 0) is 34.1 Å². The molecule has 1 N–H and O–H groups in total. The van der Waals surface area contributed by atoms with Gasteiger partial charge in [-0.3, -0.25) is 5.32 Å². The highest BCUT2D eigenvalue weighted by atomic mass is 16.6. The first-order valence-electron chi connectivity index (χ1n) is 5.02. The topological polar surface area (TPSA) is 38.3 Å². The maximum Gasteiger partial charge on any atom is 0.411 e. The van der Waals surface area contributed by atoms with E-state index in [1.54, 1.807) is 0 Å². The third-order valence-electron chi connectivity index (χ3n) is 1.44. The van der Waals surface area contributed by atoms with Crippen molar-refractivity contribution >= 4 is 6.09 Å². The molecule has 0 aromatic rings. The molecule has 0 saturated heterocycles. The predicted octanol–water partition coefficient (Wildman–Crippen LogP) is 3.22. The van der Waals surface area contributed by atoms with E-state index in [4.69, 9.17) is 4.74 Å². The molecule has 1 amide bonds. The van der Waals surface area contributed by atoms with Gasteiger partial charge in [-0.2, -0.15) is 0 Å². The molecule has 0 rings (SSSR count). The molecule has 0 heterocycles. The van der Waals surface area contributed by atoms with Crippen molar-refractivity contribution in [2.75, 3.05) is 0 Å². The first kappa shape index (κ1) is 13.0. The first-order chi connectivity index (χ1) is 6.35. The maximum absolute atomic E-state index is 11.3. The number of alkyl carbamates (subject to hydrolysis) is 1. The van der Waals surface area contributed by atoms with Gasteiger partial charge in [0.25, 0.3) is 0 Å². The monoisotopic (exact) mass is 199 g/mol. The minimum Gasteiger partial charge on any atom is -0.444 e. The molecule has 0 unspecified atom stereocenters. The standard InChI is InChI=1S/C11H21NO2/c1-6-7-8-9(2)12-10(13)14-11(3,4)5/h8H,6-7H2,1-5H3,(H,12,13)/b9-8-. The Bertz CT molecular complexity index is 214. The van der Waals surface area contributed by atoms with Crippen molar-refractivity contribution in [1.29, 1.82) is 0 Å². The van der Waals surface area contributed by atoms with Crippen LogP contribution in [0.2, 0.25) is 0 Å². The summed E-state index contributed by atoms with van der Waals surface area (Å²) in [4.78, 5) is 11.3. The summed E-state index contributed by atoms with van der Waals surface area (Å²) in [6.07, 6.45) is 3.65. The molecule has 0 aliphatic rings. The highest BCUT2D eigenvalue weighted by Crippen LogP contribution is 2.07. The Kier molecular flexibility index (Phi) is 5.28. The van der Waals surface area contributed by atoms with Gasteiger partial charge in [0.05, 0.1) is 0 Å². The smallest absolute Gasteiger partial charge is 0.411 e. The number of unbranched alkanes of at least 4 members (excludes halogenated alkanes) is 1. The fourth-order valence-electron chi connectivity index (χ4n) is 0.876. The molecule has 0 atom stereocenters. The summed E-state index contributed by atoms with van der Waals surface area (Å²) < 4.78 is 5.10. The van der Waals surface area contributed by atoms with E-state index in [-0.39, 0.29) is 6.09 Å². The van der Waals surface area contributed by atoms with Gasteiger partial charge >= 0.3 is 6.09 Å². The molecular formula is C11H21NO2. The van der Waals surface area contributed by atoms with E-state index in [1.165, 1.54) is 0 Å². The number of hydrogen-bond donors (Lipinski definition) is 1. The zero-order chi connectivity index (χ0) is 11.2. The lowest BCUT2D eigenvalue weighted by atomic mass is 10.2. The number of ether oxygens (including phenoxy) is 1. The molecule has 82 valence electrons. The number of amides is 1. The second-order valence-corrected chi connectivity index (χ2v) is 4.30. The highest BCUT2D eigenvalue weighted by Gasteiger charge is 2.15. The Hall–Kier alpha value is -0.990. The molecule has 0 bridgehead atoms. The van der Waals surface area contributed by atoms with E-state index in [0.717, 1.165) is 18.5 Å². The van der Waals surface area contributed by atoms with Crippen LogP contribution >= 0.6 is 0 Å². The average Bonchev–Trinajstić information content (AvgIpc) is 1.96. The summed E-state index contributed by atoms with van der Waals surface area (Å²) in [5, 5.41) is 2.67. The lowest BCUT2D eigenvalue weighted by molar-refractivity contribution is 0.0546. The van der Waals surface area contributed by atoms with Crippen LogP contribution in [0, 0.1) is 0 Å². The summed E-state index contributed by atoms with van der Waals surface area (Å²) >= 11 is 0. The lowest BCUT2D eigenvalue weighted by Gasteiger charge is -2.19. The van der Waals surface area contributed by atoms with Crippen LogP contribution in [-0.2, 0) is 4.74 Å². The van der Waals surface area contributed by atoms with Crippen molar-refractivity contribution in [3.63, 3.8) is 0 Å². The second-order valence-electron chi connectivity index (χ2n) is 4.30. The van der Waals surface area contributed by atoms with Crippen LogP contribution in [0.25, 0.3) is 0 Å². The fraction of sp³-hybridized carbons (Fsp3) is 0.727. The lowest BCUT2D eigenvalue weighted by Crippen LogP contribution is -2.31. The second kappa shape index (κ2) is 5.68. The van der Waals surface area contributed by atoms with Gasteiger partial charge in [-0.15, -0.1) is 0 Å². The summed E-state index contributed by atoms with van der Waals surface area (Å²) in [5.41, 5.74) is 0.413. The van der Waals surface area contributed by atoms with Gasteiger partial charge in [-0.1, -0.05) is 19.4 Å². The Morgan fingerprint density at radius 3 is 2.43 bits per heavy atom. The molecule has 0 fully saturated rings. The zero-order valence-corrected chi connectivity index (χ0v) is 9.81. The van der Waals surface area contributed by atoms with Gasteiger partial charge in [0.15, 0.2) is 0 Å². The van der Waals surface area contributed by atoms with E-state index >= 15 is 0 Å². The van der Waals surface area contributed by atoms with Crippen molar-refractivity contribution in [3.8, 4) is 0 Å². The Morgan fingerprint density at radius 1 is 1.43 bits per heavy atom. The molecule has 0 saturated carbocycles. The Balaban J connectivity index is 3.95. The average molecular weight is 199 g/mol. The zero-order valence-electron chi connectivity index (χ0n) is 9.81. The minimum atomic E-state index is -0.435. The summed E-state index contributed by atoms with van der Waals surface area (Å²) in [5.74, 6) is 0. The molecule has 0 radical (unpaired) electrons. The fourth-order valence-corrected chi connectivity index (χ4v) is 0.876. The van der Waals surface area contributed by atoms with Crippen molar-refractivity contribution in [1.82, 2.24) is 5.32 Å². The van der Waals surface area contributed by atoms with E-state index in [9.17, 15) is 4.79 Å². The number of carbonyl (C=O) groups excluding carboxylic acids is 1. The molecular weight excluding hydrogens is 178 g/mol. The SMILES string of the molecule is CCC/C=C(/C)NC(=O)OC(C)(C)C. The minimum absolute atomic E-state index is 0.387. The summed E-state index contributed by atoms with van der Waals surface area (Å²) in [7, 11) is 0. The van der Waals surface area contributed by atoms with E-state index in [1.807, 2.05) is 33.8 Å². The van der Waals surface area contributed by atoms with E-state index in [0.29, 0.717) is 0 Å². The number of allylic oxidation sites excluding steroid dienone is 2. The van der Waals surface area contributed by atoms with Gasteiger partial charge < -0.3 is 4.74 Å². The van der Waals surface area contributed by atoms with Crippen LogP contribution in [0.4, 0.5) is 4.79 Å². The van der Waals surface area contributed by atoms with Gasteiger partial charge in [0, 0.05) is 5.70 Å². The van der Waals surface area contributed by atoms with Crippen LogP contribution in [0.15, 0.2) is 11.8 Å². The van der Waals surface area contributed by atoms with Crippen LogP contribution < -0.4 is 5.32 Å². The predicted molar refractivity (Wildman–Crippen MR) is 58.0 cm³/mol. The Morgan fingerprint density at radius 2 is 2.00 bits per heavy atom. The van der Waals surface area contributed by atoms with Crippen LogP contribution in [0.1, 0.15) is 47.5 Å². The third-order valence-corrected chi connectivity index (χ3v) is 1.44. The molecule has 0 aliphatic heterocycles. The highest BCUT2D eigenvalue weighted by molar-refractivity contribution is 5.69. The number of carbonyl (C=O) groups is 1. The van der Waals surface area contributed by atoms with Crippen LogP contribution in [0.3, 0.4) is 0 Å². The first-order valence-corrected chi connectivity index (χ1v) is 5.02. The van der Waals surface area contributed by atoms with Crippen molar-refractivity contribution < 1.29 is 9.53 Å². The number of hydrogen-bond acceptors (Lipinski definition) is 2. The van der Waals surface area contributed by atoms with Crippen LogP contribution in [-0.4, -0.2) is 11.7 Å². The van der Waals surface area contributed by atoms with Gasteiger partial charge in [0.2, 0.25) is 0 Å². The third kappa shape index (κ3) is 7.65. The van der Waals surface area contributed by atoms with Crippen LogP contribution in [0.5, 0.6) is 0 Å². The molecule has 0 spiro atoms. The van der Waals surface area contributed by atoms with Gasteiger partial charge in [-0.25, -0.2) is 4.79 Å². The summed E-state index contributed by atoms with van der Waals surface area (Å²) in [6.45, 7) is 9.49. The van der Waals surface area contributed by atoms with Gasteiger partial charge in [0.1, 0.15) is 5.60 Å². The van der Waals surface area contributed by atoms with Crippen molar-refractivity contribution in [2.45, 2.75) is 53.1 Å². The van der Waals surface area contributed by atoms with E-state index in [2.05, 4.69) is 12.2 Å². The Labute approximate surface area is 86.5 Å². The quantitative estimate of drug-likeness (QED) is 0.758. The molecule has 14 heavy (non-hydrogen) atoms. The summed E-state index contributed by atoms with van der Waals surface area (Å²) in [6, 6.07) is 0. The maximum atomic E-state index is 11.3. The largest absolute Gasteiger partial charge is 0.444 e. The number of rotatable bonds is 3. The van der Waals surface area contributed by atoms with Crippen molar-refractivity contribution in [3.05, 3.63) is 11.8 Å². The number of nitrogens with one attached hydrogen (secondary N) is 1. The molecule has 3 nitrogen and oxygen atoms in total. The normalized spacial score (nSPS) is 12.5. The molecule has 3 heteroatoms.